The van der Waals surface area contributed by atoms with E-state index in [1.54, 1.807) is 0 Å². The second-order valence-electron chi connectivity index (χ2n) is 5.51. The Morgan fingerprint density at radius 1 is 1.29 bits per heavy atom. The molecule has 0 aromatic rings. The van der Waals surface area contributed by atoms with Gasteiger partial charge in [0.05, 0.1) is 6.10 Å². The molecule has 1 amide bonds. The van der Waals surface area contributed by atoms with E-state index in [2.05, 4.69) is 17.6 Å². The summed E-state index contributed by atoms with van der Waals surface area (Å²) < 4.78 is 5.55. The van der Waals surface area contributed by atoms with Gasteiger partial charge in [-0.25, -0.2) is 0 Å². The maximum absolute atomic E-state index is 11.8. The Balaban J connectivity index is 1.66. The third kappa shape index (κ3) is 3.68. The minimum absolute atomic E-state index is 0.0768. The Morgan fingerprint density at radius 2 is 2.12 bits per heavy atom. The number of carbonyl (C=O) groups is 1. The van der Waals surface area contributed by atoms with Crippen molar-refractivity contribution in [3.05, 3.63) is 0 Å². The second-order valence-corrected chi connectivity index (χ2v) is 5.51. The number of hydrogen-bond donors (Lipinski definition) is 2. The van der Waals surface area contributed by atoms with Crippen molar-refractivity contribution in [1.82, 2.24) is 10.6 Å². The molecule has 0 aliphatic carbocycles. The van der Waals surface area contributed by atoms with Gasteiger partial charge in [-0.1, -0.05) is 0 Å². The Morgan fingerprint density at radius 3 is 2.71 bits per heavy atom. The summed E-state index contributed by atoms with van der Waals surface area (Å²) in [4.78, 5) is 11.8. The standard InChI is InChI=1S/C13H24N2O2/c1-9-3-5-11(7-14-9)8-15-13(16)12-6-4-10(2)17-12/h9-12,14H,3-8H2,1-2H3,(H,15,16). The van der Waals surface area contributed by atoms with Gasteiger partial charge < -0.3 is 15.4 Å². The zero-order valence-electron chi connectivity index (χ0n) is 10.9. The number of amides is 1. The minimum atomic E-state index is -0.208. The Hall–Kier alpha value is -0.610. The fourth-order valence-electron chi connectivity index (χ4n) is 2.59. The predicted octanol–water partition coefficient (Wildman–Crippen LogP) is 1.06. The summed E-state index contributed by atoms with van der Waals surface area (Å²) in [6, 6.07) is 0.626. The summed E-state index contributed by atoms with van der Waals surface area (Å²) in [5.41, 5.74) is 0. The highest BCUT2D eigenvalue weighted by Gasteiger charge is 2.28. The van der Waals surface area contributed by atoms with Crippen molar-refractivity contribution < 1.29 is 9.53 Å². The number of rotatable bonds is 3. The number of nitrogens with one attached hydrogen (secondary N) is 2. The quantitative estimate of drug-likeness (QED) is 0.775. The first-order valence-electron chi connectivity index (χ1n) is 6.81. The molecular weight excluding hydrogens is 216 g/mol. The Kier molecular flexibility index (Phi) is 4.40. The number of piperidine rings is 1. The summed E-state index contributed by atoms with van der Waals surface area (Å²) in [7, 11) is 0. The maximum atomic E-state index is 11.8. The van der Waals surface area contributed by atoms with Gasteiger partial charge in [0.1, 0.15) is 6.10 Å². The van der Waals surface area contributed by atoms with E-state index < -0.39 is 0 Å². The van der Waals surface area contributed by atoms with Gasteiger partial charge in [0, 0.05) is 12.6 Å². The van der Waals surface area contributed by atoms with Crippen LogP contribution in [0.2, 0.25) is 0 Å². The van der Waals surface area contributed by atoms with Crippen molar-refractivity contribution >= 4 is 5.91 Å². The van der Waals surface area contributed by atoms with E-state index in [0.29, 0.717) is 12.0 Å². The van der Waals surface area contributed by atoms with E-state index in [0.717, 1.165) is 25.9 Å². The lowest BCUT2D eigenvalue weighted by molar-refractivity contribution is -0.131. The third-order valence-corrected chi connectivity index (χ3v) is 3.85. The Bertz CT molecular complexity index is 262. The van der Waals surface area contributed by atoms with Crippen molar-refractivity contribution in [3.8, 4) is 0 Å². The fraction of sp³-hybridized carbons (Fsp3) is 0.923. The molecule has 2 aliphatic heterocycles. The van der Waals surface area contributed by atoms with Gasteiger partial charge in [-0.2, -0.15) is 0 Å². The van der Waals surface area contributed by atoms with Crippen LogP contribution in [0.15, 0.2) is 0 Å². The van der Waals surface area contributed by atoms with E-state index >= 15 is 0 Å². The van der Waals surface area contributed by atoms with E-state index in [-0.39, 0.29) is 18.1 Å². The largest absolute Gasteiger partial charge is 0.365 e. The second kappa shape index (κ2) is 5.83. The highest BCUT2D eigenvalue weighted by atomic mass is 16.5. The average Bonchev–Trinajstić information content (AvgIpc) is 2.75. The van der Waals surface area contributed by atoms with Crippen LogP contribution < -0.4 is 10.6 Å². The molecule has 0 aromatic heterocycles. The number of ether oxygens (including phenoxy) is 1. The monoisotopic (exact) mass is 240 g/mol. The van der Waals surface area contributed by atoms with Crippen molar-refractivity contribution in [2.45, 2.75) is 57.8 Å². The molecule has 4 nitrogen and oxygen atoms in total. The maximum Gasteiger partial charge on any atom is 0.249 e. The first-order valence-corrected chi connectivity index (χ1v) is 6.81. The van der Waals surface area contributed by atoms with Crippen LogP contribution in [0, 0.1) is 5.92 Å². The molecule has 4 heteroatoms. The van der Waals surface area contributed by atoms with Crippen LogP contribution >= 0.6 is 0 Å². The van der Waals surface area contributed by atoms with Crippen LogP contribution in [0.25, 0.3) is 0 Å². The summed E-state index contributed by atoms with van der Waals surface area (Å²) in [5.74, 6) is 0.655. The third-order valence-electron chi connectivity index (χ3n) is 3.85. The average molecular weight is 240 g/mol. The van der Waals surface area contributed by atoms with E-state index in [1.165, 1.54) is 12.8 Å². The van der Waals surface area contributed by atoms with Crippen LogP contribution in [-0.2, 0) is 9.53 Å². The highest BCUT2D eigenvalue weighted by molar-refractivity contribution is 5.81. The van der Waals surface area contributed by atoms with Gasteiger partial charge in [0.25, 0.3) is 0 Å². The molecule has 4 unspecified atom stereocenters. The van der Waals surface area contributed by atoms with Gasteiger partial charge in [0.2, 0.25) is 5.91 Å². The first-order chi connectivity index (χ1) is 8.15. The molecule has 0 spiro atoms. The van der Waals surface area contributed by atoms with Crippen molar-refractivity contribution in [3.63, 3.8) is 0 Å². The molecule has 2 saturated heterocycles. The van der Waals surface area contributed by atoms with Crippen LogP contribution in [-0.4, -0.2) is 37.2 Å². The van der Waals surface area contributed by atoms with Crippen LogP contribution in [0.5, 0.6) is 0 Å². The van der Waals surface area contributed by atoms with Crippen molar-refractivity contribution in [2.75, 3.05) is 13.1 Å². The normalized spacial score (nSPS) is 38.0. The van der Waals surface area contributed by atoms with Crippen LogP contribution in [0.3, 0.4) is 0 Å². The molecule has 0 bridgehead atoms. The van der Waals surface area contributed by atoms with Crippen LogP contribution in [0.1, 0.15) is 39.5 Å². The molecule has 0 radical (unpaired) electrons. The minimum Gasteiger partial charge on any atom is -0.365 e. The molecule has 2 heterocycles. The van der Waals surface area contributed by atoms with Gasteiger partial charge in [0.15, 0.2) is 0 Å². The molecule has 2 N–H and O–H groups in total. The molecule has 4 atom stereocenters. The molecular formula is C13H24N2O2. The molecule has 0 aromatic carbocycles. The van der Waals surface area contributed by atoms with E-state index in [4.69, 9.17) is 4.74 Å². The Labute approximate surface area is 103 Å². The van der Waals surface area contributed by atoms with Crippen LogP contribution in [0.4, 0.5) is 0 Å². The lowest BCUT2D eigenvalue weighted by atomic mass is 9.95. The smallest absolute Gasteiger partial charge is 0.249 e. The highest BCUT2D eigenvalue weighted by Crippen LogP contribution is 2.19. The molecule has 2 fully saturated rings. The van der Waals surface area contributed by atoms with Crippen molar-refractivity contribution in [2.24, 2.45) is 5.92 Å². The summed E-state index contributed by atoms with van der Waals surface area (Å²) >= 11 is 0. The zero-order chi connectivity index (χ0) is 12.3. The van der Waals surface area contributed by atoms with Gasteiger partial charge in [-0.05, 0) is 52.0 Å². The zero-order valence-corrected chi connectivity index (χ0v) is 10.9. The number of carbonyl (C=O) groups excluding carboxylic acids is 1. The summed E-state index contributed by atoms with van der Waals surface area (Å²) in [5, 5.41) is 6.48. The fourth-order valence-corrected chi connectivity index (χ4v) is 2.59. The lowest BCUT2D eigenvalue weighted by Crippen LogP contribution is -2.44. The summed E-state index contributed by atoms with van der Waals surface area (Å²) in [6.07, 6.45) is 4.31. The lowest BCUT2D eigenvalue weighted by Gasteiger charge is -2.28. The molecule has 2 aliphatic rings. The van der Waals surface area contributed by atoms with Gasteiger partial charge in [-0.15, -0.1) is 0 Å². The first kappa shape index (κ1) is 12.8. The predicted molar refractivity (Wildman–Crippen MR) is 66.8 cm³/mol. The number of hydrogen-bond acceptors (Lipinski definition) is 3. The summed E-state index contributed by atoms with van der Waals surface area (Å²) in [6.45, 7) is 6.04. The van der Waals surface area contributed by atoms with E-state index in [9.17, 15) is 4.79 Å². The van der Waals surface area contributed by atoms with E-state index in [1.807, 2.05) is 6.92 Å². The topological polar surface area (TPSA) is 50.4 Å². The van der Waals surface area contributed by atoms with Crippen molar-refractivity contribution in [1.29, 1.82) is 0 Å². The molecule has 98 valence electrons. The molecule has 17 heavy (non-hydrogen) atoms. The SMILES string of the molecule is CC1CCC(CNC(=O)C2CCC(C)O2)CN1. The van der Waals surface area contributed by atoms with Gasteiger partial charge in [-0.3, -0.25) is 4.79 Å². The molecule has 2 rings (SSSR count). The van der Waals surface area contributed by atoms with Gasteiger partial charge >= 0.3 is 0 Å². The molecule has 0 saturated carbocycles.